The molecule has 1 heterocycles. The van der Waals surface area contributed by atoms with Crippen molar-refractivity contribution in [2.75, 3.05) is 19.8 Å². The molecule has 1 atom stereocenters. The molecule has 14 heavy (non-hydrogen) atoms. The summed E-state index contributed by atoms with van der Waals surface area (Å²) >= 11 is 0. The van der Waals surface area contributed by atoms with Gasteiger partial charge in [-0.05, 0) is 49.4 Å². The smallest absolute Gasteiger partial charge is 0.0487 e. The predicted octanol–water partition coefficient (Wildman–Crippen LogP) is 2.21. The lowest BCUT2D eigenvalue weighted by atomic mass is 9.75. The average Bonchev–Trinajstić information content (AvgIpc) is 3.03. The van der Waals surface area contributed by atoms with Crippen LogP contribution in [0.3, 0.4) is 0 Å². The maximum atomic E-state index is 9.50. The zero-order valence-electron chi connectivity index (χ0n) is 9.17. The van der Waals surface area contributed by atoms with Crippen LogP contribution in [0.5, 0.6) is 0 Å². The molecule has 0 spiro atoms. The molecule has 2 nitrogen and oxygen atoms in total. The van der Waals surface area contributed by atoms with Crippen molar-refractivity contribution in [1.82, 2.24) is 0 Å². The molecule has 2 fully saturated rings. The van der Waals surface area contributed by atoms with Crippen molar-refractivity contribution in [3.63, 3.8) is 0 Å². The van der Waals surface area contributed by atoms with Crippen LogP contribution in [-0.2, 0) is 4.74 Å². The Morgan fingerprint density at radius 3 is 2.36 bits per heavy atom. The lowest BCUT2D eigenvalue weighted by Gasteiger charge is -2.33. The van der Waals surface area contributed by atoms with E-state index < -0.39 is 0 Å². The highest BCUT2D eigenvalue weighted by Gasteiger charge is 2.42. The molecule has 0 bridgehead atoms. The minimum Gasteiger partial charge on any atom is -0.396 e. The molecular weight excluding hydrogens is 176 g/mol. The fourth-order valence-electron chi connectivity index (χ4n) is 2.75. The minimum absolute atomic E-state index is 0.210. The maximum Gasteiger partial charge on any atom is 0.0487 e. The topological polar surface area (TPSA) is 29.5 Å². The normalized spacial score (nSPS) is 28.7. The lowest BCUT2D eigenvalue weighted by molar-refractivity contribution is 0.0281. The monoisotopic (exact) mass is 198 g/mol. The Kier molecular flexibility index (Phi) is 3.13. The fraction of sp³-hybridized carbons (Fsp3) is 1.00. The van der Waals surface area contributed by atoms with Gasteiger partial charge in [-0.1, -0.05) is 6.92 Å². The number of hydrogen-bond acceptors (Lipinski definition) is 2. The van der Waals surface area contributed by atoms with Crippen molar-refractivity contribution in [3.8, 4) is 0 Å². The van der Waals surface area contributed by atoms with E-state index in [0.29, 0.717) is 6.61 Å². The van der Waals surface area contributed by atoms with Gasteiger partial charge in [-0.25, -0.2) is 0 Å². The zero-order valence-corrected chi connectivity index (χ0v) is 9.17. The molecule has 0 aromatic heterocycles. The Balaban J connectivity index is 1.86. The predicted molar refractivity (Wildman–Crippen MR) is 56.1 cm³/mol. The molecule has 0 radical (unpaired) electrons. The summed E-state index contributed by atoms with van der Waals surface area (Å²) in [7, 11) is 0. The Bertz CT molecular complexity index is 183. The molecule has 1 saturated heterocycles. The molecule has 1 aliphatic heterocycles. The van der Waals surface area contributed by atoms with E-state index in [9.17, 15) is 5.11 Å². The van der Waals surface area contributed by atoms with Gasteiger partial charge < -0.3 is 9.84 Å². The van der Waals surface area contributed by atoms with Gasteiger partial charge in [0.1, 0.15) is 0 Å². The van der Waals surface area contributed by atoms with Gasteiger partial charge in [0.15, 0.2) is 0 Å². The first-order valence-corrected chi connectivity index (χ1v) is 5.93. The Morgan fingerprint density at radius 1 is 1.21 bits per heavy atom. The van der Waals surface area contributed by atoms with Crippen LogP contribution in [-0.4, -0.2) is 24.9 Å². The first-order valence-electron chi connectivity index (χ1n) is 5.93. The van der Waals surface area contributed by atoms with Crippen molar-refractivity contribution in [2.24, 2.45) is 17.3 Å². The maximum absolute atomic E-state index is 9.50. The van der Waals surface area contributed by atoms with Crippen LogP contribution < -0.4 is 0 Å². The molecule has 1 N–H and O–H groups in total. The molecule has 82 valence electrons. The molecule has 0 aromatic carbocycles. The van der Waals surface area contributed by atoms with Gasteiger partial charge in [0.05, 0.1) is 0 Å². The van der Waals surface area contributed by atoms with Gasteiger partial charge >= 0.3 is 0 Å². The summed E-state index contributed by atoms with van der Waals surface area (Å²) in [5, 5.41) is 9.50. The summed E-state index contributed by atoms with van der Waals surface area (Å²) < 4.78 is 5.36. The molecule has 0 aromatic rings. The molecule has 1 aliphatic carbocycles. The third kappa shape index (κ3) is 2.29. The summed E-state index contributed by atoms with van der Waals surface area (Å²) in [5.74, 6) is 1.59. The third-order valence-electron chi connectivity index (χ3n) is 4.02. The van der Waals surface area contributed by atoms with Crippen LogP contribution in [0, 0.1) is 17.3 Å². The van der Waals surface area contributed by atoms with E-state index in [1.165, 1.54) is 32.1 Å². The van der Waals surface area contributed by atoms with Gasteiger partial charge in [-0.2, -0.15) is 0 Å². The SMILES string of the molecule is CC(CO)(CC1CCOCC1)C1CC1. The number of rotatable bonds is 4. The van der Waals surface area contributed by atoms with E-state index in [2.05, 4.69) is 6.92 Å². The molecule has 1 saturated carbocycles. The summed E-state index contributed by atoms with van der Waals surface area (Å²) in [6.45, 7) is 4.49. The van der Waals surface area contributed by atoms with Crippen LogP contribution in [0.1, 0.15) is 39.0 Å². The van der Waals surface area contributed by atoms with Crippen molar-refractivity contribution in [1.29, 1.82) is 0 Å². The summed E-state index contributed by atoms with van der Waals surface area (Å²) in [6, 6.07) is 0. The van der Waals surface area contributed by atoms with Crippen LogP contribution in [0.4, 0.5) is 0 Å². The highest BCUT2D eigenvalue weighted by atomic mass is 16.5. The fourth-order valence-corrected chi connectivity index (χ4v) is 2.75. The highest BCUT2D eigenvalue weighted by Crippen LogP contribution is 2.49. The summed E-state index contributed by atoms with van der Waals surface area (Å²) in [4.78, 5) is 0. The zero-order chi connectivity index (χ0) is 10.0. The molecular formula is C12H22O2. The van der Waals surface area contributed by atoms with Gasteiger partial charge in [0.2, 0.25) is 0 Å². The number of aliphatic hydroxyl groups excluding tert-OH is 1. The highest BCUT2D eigenvalue weighted by molar-refractivity contribution is 4.92. The molecule has 2 rings (SSSR count). The van der Waals surface area contributed by atoms with Gasteiger partial charge in [0, 0.05) is 19.8 Å². The van der Waals surface area contributed by atoms with Crippen molar-refractivity contribution < 1.29 is 9.84 Å². The van der Waals surface area contributed by atoms with Crippen LogP contribution >= 0.6 is 0 Å². The van der Waals surface area contributed by atoms with Crippen LogP contribution in [0.2, 0.25) is 0 Å². The van der Waals surface area contributed by atoms with Gasteiger partial charge in [-0.3, -0.25) is 0 Å². The van der Waals surface area contributed by atoms with E-state index >= 15 is 0 Å². The molecule has 2 heteroatoms. The Hall–Kier alpha value is -0.0800. The minimum atomic E-state index is 0.210. The van der Waals surface area contributed by atoms with Gasteiger partial charge in [0.25, 0.3) is 0 Å². The lowest BCUT2D eigenvalue weighted by Crippen LogP contribution is -2.29. The van der Waals surface area contributed by atoms with Gasteiger partial charge in [-0.15, -0.1) is 0 Å². The first kappa shape index (κ1) is 10.4. The standard InChI is InChI=1S/C12H22O2/c1-12(9-13,11-2-3-11)8-10-4-6-14-7-5-10/h10-11,13H,2-9H2,1H3. The second kappa shape index (κ2) is 4.19. The van der Waals surface area contributed by atoms with Crippen LogP contribution in [0.15, 0.2) is 0 Å². The second-order valence-electron chi connectivity index (χ2n) is 5.35. The van der Waals surface area contributed by atoms with Crippen molar-refractivity contribution >= 4 is 0 Å². The van der Waals surface area contributed by atoms with E-state index in [0.717, 1.165) is 25.0 Å². The second-order valence-corrected chi connectivity index (χ2v) is 5.35. The van der Waals surface area contributed by atoms with Crippen molar-refractivity contribution in [3.05, 3.63) is 0 Å². The summed E-state index contributed by atoms with van der Waals surface area (Å²) in [5.41, 5.74) is 0.210. The number of hydrogen-bond donors (Lipinski definition) is 1. The Labute approximate surface area is 86.6 Å². The van der Waals surface area contributed by atoms with E-state index in [1.807, 2.05) is 0 Å². The van der Waals surface area contributed by atoms with Crippen LogP contribution in [0.25, 0.3) is 0 Å². The Morgan fingerprint density at radius 2 is 1.86 bits per heavy atom. The van der Waals surface area contributed by atoms with E-state index in [1.54, 1.807) is 0 Å². The quantitative estimate of drug-likeness (QED) is 0.750. The largest absolute Gasteiger partial charge is 0.396 e. The first-order chi connectivity index (χ1) is 6.74. The molecule has 0 amide bonds. The number of aliphatic hydroxyl groups is 1. The molecule has 2 aliphatic rings. The number of ether oxygens (including phenoxy) is 1. The van der Waals surface area contributed by atoms with E-state index in [4.69, 9.17) is 4.74 Å². The molecule has 1 unspecified atom stereocenters. The summed E-state index contributed by atoms with van der Waals surface area (Å²) in [6.07, 6.45) is 6.27. The van der Waals surface area contributed by atoms with E-state index in [-0.39, 0.29) is 5.41 Å². The van der Waals surface area contributed by atoms with Crippen molar-refractivity contribution in [2.45, 2.75) is 39.0 Å². The average molecular weight is 198 g/mol. The third-order valence-corrected chi connectivity index (χ3v) is 4.02.